The van der Waals surface area contributed by atoms with Crippen LogP contribution in [0.2, 0.25) is 0 Å². The minimum atomic E-state index is -0.285. The van der Waals surface area contributed by atoms with Crippen LogP contribution in [0.15, 0.2) is 36.4 Å². The molecular weight excluding hydrogens is 314 g/mol. The van der Waals surface area contributed by atoms with Crippen molar-refractivity contribution in [3.8, 4) is 11.5 Å². The first-order valence-corrected chi connectivity index (χ1v) is 8.76. The number of ether oxygens (including phenoxy) is 2. The van der Waals surface area contributed by atoms with E-state index >= 15 is 0 Å². The molecule has 0 amide bonds. The van der Waals surface area contributed by atoms with Crippen LogP contribution in [0, 0.1) is 6.92 Å². The number of benzene rings is 2. The van der Waals surface area contributed by atoms with Gasteiger partial charge in [0.2, 0.25) is 0 Å². The molecule has 1 unspecified atom stereocenters. The normalized spacial score (nSPS) is 11.9. The van der Waals surface area contributed by atoms with Crippen molar-refractivity contribution in [2.24, 2.45) is 5.73 Å². The molecule has 2 rings (SSSR count). The lowest BCUT2D eigenvalue weighted by Crippen LogP contribution is -2.14. The largest absolute Gasteiger partial charge is 0.466 e. The summed E-state index contributed by atoms with van der Waals surface area (Å²) >= 11 is 0. The quantitative estimate of drug-likeness (QED) is 0.755. The van der Waals surface area contributed by atoms with Gasteiger partial charge in [-0.15, -0.1) is 0 Å². The van der Waals surface area contributed by atoms with Gasteiger partial charge in [-0.3, -0.25) is 4.79 Å². The zero-order valence-electron chi connectivity index (χ0n) is 15.5. The second-order valence-corrected chi connectivity index (χ2v) is 6.15. The Kier molecular flexibility index (Phi) is 6.59. The van der Waals surface area contributed by atoms with Crippen LogP contribution in [0.1, 0.15) is 48.9 Å². The molecule has 2 aromatic carbocycles. The van der Waals surface area contributed by atoms with E-state index in [0.29, 0.717) is 13.2 Å². The third kappa shape index (κ3) is 4.83. The Bertz CT molecular complexity index is 740. The van der Waals surface area contributed by atoms with Crippen LogP contribution >= 0.6 is 0 Å². The maximum Gasteiger partial charge on any atom is 0.313 e. The molecule has 0 aromatic heterocycles. The van der Waals surface area contributed by atoms with Crippen molar-refractivity contribution in [1.82, 2.24) is 0 Å². The van der Waals surface area contributed by atoms with E-state index in [1.54, 1.807) is 0 Å². The molecule has 0 radical (unpaired) electrons. The van der Waals surface area contributed by atoms with Gasteiger partial charge in [-0.1, -0.05) is 19.1 Å². The zero-order chi connectivity index (χ0) is 18.4. The van der Waals surface area contributed by atoms with Crippen molar-refractivity contribution in [2.45, 2.75) is 46.6 Å². The van der Waals surface area contributed by atoms with Crippen LogP contribution < -0.4 is 10.5 Å². The highest BCUT2D eigenvalue weighted by atomic mass is 16.5. The summed E-state index contributed by atoms with van der Waals surface area (Å²) in [4.78, 5) is 12.0. The number of hydrogen-bond donors (Lipinski definition) is 1. The third-order valence-electron chi connectivity index (χ3n) is 4.18. The van der Waals surface area contributed by atoms with Gasteiger partial charge < -0.3 is 15.2 Å². The molecule has 134 valence electrons. The molecular formula is C21H27NO3. The third-order valence-corrected chi connectivity index (χ3v) is 4.18. The van der Waals surface area contributed by atoms with Gasteiger partial charge in [0.1, 0.15) is 11.5 Å². The fourth-order valence-corrected chi connectivity index (χ4v) is 2.91. The number of esters is 1. The van der Waals surface area contributed by atoms with Crippen LogP contribution in [-0.2, 0) is 22.5 Å². The number of hydrogen-bond acceptors (Lipinski definition) is 4. The Balaban J connectivity index is 2.27. The summed E-state index contributed by atoms with van der Waals surface area (Å²) in [5.41, 5.74) is 9.96. The minimum absolute atomic E-state index is 0.197. The van der Waals surface area contributed by atoms with E-state index in [4.69, 9.17) is 15.2 Å². The number of aryl methyl sites for hydroxylation is 2. The number of nitrogens with two attached hydrogens (primary N) is 1. The monoisotopic (exact) mass is 341 g/mol. The Morgan fingerprint density at radius 2 is 1.88 bits per heavy atom. The van der Waals surface area contributed by atoms with Crippen molar-refractivity contribution in [3.63, 3.8) is 0 Å². The topological polar surface area (TPSA) is 61.5 Å². The highest BCUT2D eigenvalue weighted by molar-refractivity contribution is 5.78. The molecule has 2 N–H and O–H groups in total. The van der Waals surface area contributed by atoms with E-state index in [1.165, 1.54) is 0 Å². The van der Waals surface area contributed by atoms with Gasteiger partial charge in [-0.25, -0.2) is 0 Å². The average Bonchev–Trinajstić information content (AvgIpc) is 2.60. The van der Waals surface area contributed by atoms with Gasteiger partial charge in [0.25, 0.3) is 0 Å². The van der Waals surface area contributed by atoms with Crippen LogP contribution in [0.5, 0.6) is 11.5 Å². The predicted molar refractivity (Wildman–Crippen MR) is 100 cm³/mol. The van der Waals surface area contributed by atoms with Crippen molar-refractivity contribution in [2.75, 3.05) is 6.61 Å². The first-order valence-electron chi connectivity index (χ1n) is 8.76. The van der Waals surface area contributed by atoms with E-state index in [2.05, 4.69) is 13.0 Å². The minimum Gasteiger partial charge on any atom is -0.466 e. The van der Waals surface area contributed by atoms with E-state index in [0.717, 1.165) is 40.2 Å². The molecule has 0 aliphatic rings. The maximum absolute atomic E-state index is 12.0. The Morgan fingerprint density at radius 1 is 1.12 bits per heavy atom. The summed E-state index contributed by atoms with van der Waals surface area (Å²) in [5.74, 6) is 1.04. The molecule has 2 aromatic rings. The summed E-state index contributed by atoms with van der Waals surface area (Å²) in [6.07, 6.45) is 0.818. The molecule has 0 aliphatic heterocycles. The Labute approximate surface area is 150 Å². The molecule has 0 fully saturated rings. The van der Waals surface area contributed by atoms with Crippen molar-refractivity contribution < 1.29 is 14.3 Å². The van der Waals surface area contributed by atoms with E-state index in [9.17, 15) is 4.79 Å². The lowest BCUT2D eigenvalue weighted by molar-refractivity contribution is -0.144. The SMILES string of the molecule is CCOC(=O)C(C)c1ccc(Oc2cc(C)cc(CN)c2)cc1CC. The smallest absolute Gasteiger partial charge is 0.313 e. The standard InChI is InChI=1S/C21H27NO3/c1-5-17-12-18(7-8-20(17)15(4)21(23)24-6-2)25-19-10-14(3)9-16(11-19)13-22/h7-12,15H,5-6,13,22H2,1-4H3. The van der Waals surface area contributed by atoms with E-state index < -0.39 is 0 Å². The molecule has 4 nitrogen and oxygen atoms in total. The summed E-state index contributed by atoms with van der Waals surface area (Å²) in [6, 6.07) is 11.8. The molecule has 0 saturated carbocycles. The first kappa shape index (κ1) is 19.0. The van der Waals surface area contributed by atoms with Crippen LogP contribution in [0.4, 0.5) is 0 Å². The van der Waals surface area contributed by atoms with E-state index in [1.807, 2.05) is 51.1 Å². The fraction of sp³-hybridized carbons (Fsp3) is 0.381. The molecule has 0 spiro atoms. The fourth-order valence-electron chi connectivity index (χ4n) is 2.91. The predicted octanol–water partition coefficient (Wildman–Crippen LogP) is 4.48. The van der Waals surface area contributed by atoms with Gasteiger partial charge >= 0.3 is 5.97 Å². The van der Waals surface area contributed by atoms with Crippen molar-refractivity contribution in [1.29, 1.82) is 0 Å². The van der Waals surface area contributed by atoms with Gasteiger partial charge in [0.05, 0.1) is 12.5 Å². The first-order chi connectivity index (χ1) is 12.0. The Morgan fingerprint density at radius 3 is 2.52 bits per heavy atom. The van der Waals surface area contributed by atoms with Crippen LogP contribution in [0.25, 0.3) is 0 Å². The van der Waals surface area contributed by atoms with Crippen molar-refractivity contribution in [3.05, 3.63) is 58.7 Å². The van der Waals surface area contributed by atoms with Gasteiger partial charge in [0.15, 0.2) is 0 Å². The number of carbonyl (C=O) groups is 1. The summed E-state index contributed by atoms with van der Waals surface area (Å²) < 4.78 is 11.2. The van der Waals surface area contributed by atoms with E-state index in [-0.39, 0.29) is 11.9 Å². The molecule has 0 heterocycles. The van der Waals surface area contributed by atoms with Crippen LogP contribution in [-0.4, -0.2) is 12.6 Å². The van der Waals surface area contributed by atoms with Gasteiger partial charge in [-0.2, -0.15) is 0 Å². The highest BCUT2D eigenvalue weighted by Crippen LogP contribution is 2.29. The lowest BCUT2D eigenvalue weighted by Gasteiger charge is -2.16. The average molecular weight is 341 g/mol. The number of carbonyl (C=O) groups excluding carboxylic acids is 1. The second kappa shape index (κ2) is 8.67. The summed E-state index contributed by atoms with van der Waals surface area (Å²) in [7, 11) is 0. The molecule has 0 bridgehead atoms. The zero-order valence-corrected chi connectivity index (χ0v) is 15.5. The van der Waals surface area contributed by atoms with Gasteiger partial charge in [0, 0.05) is 6.54 Å². The summed E-state index contributed by atoms with van der Waals surface area (Å²) in [5, 5.41) is 0. The molecule has 0 saturated heterocycles. The van der Waals surface area contributed by atoms with Crippen LogP contribution in [0.3, 0.4) is 0 Å². The Hall–Kier alpha value is -2.33. The molecule has 4 heteroatoms. The maximum atomic E-state index is 12.0. The van der Waals surface area contributed by atoms with Gasteiger partial charge in [-0.05, 0) is 73.7 Å². The number of rotatable bonds is 7. The van der Waals surface area contributed by atoms with Crippen molar-refractivity contribution >= 4 is 5.97 Å². The molecule has 0 aliphatic carbocycles. The molecule has 1 atom stereocenters. The second-order valence-electron chi connectivity index (χ2n) is 6.15. The lowest BCUT2D eigenvalue weighted by atomic mass is 9.94. The molecule has 25 heavy (non-hydrogen) atoms. The summed E-state index contributed by atoms with van der Waals surface area (Å²) in [6.45, 7) is 8.66. The highest BCUT2D eigenvalue weighted by Gasteiger charge is 2.19.